The predicted octanol–water partition coefficient (Wildman–Crippen LogP) is 7.70. The Hall–Kier alpha value is -3.13. The largest absolute Gasteiger partial charge is 0.300 e. The van der Waals surface area contributed by atoms with Gasteiger partial charge >= 0.3 is 0 Å². The Morgan fingerprint density at radius 1 is 0.667 bits per heavy atom. The molecule has 0 N–H and O–H groups in total. The highest BCUT2D eigenvalue weighted by Gasteiger charge is 2.37. The van der Waals surface area contributed by atoms with Gasteiger partial charge in [-0.25, -0.2) is 0 Å². The van der Waals surface area contributed by atoms with Gasteiger partial charge in [-0.1, -0.05) is 73.9 Å². The fraction of sp³-hybridized carbons (Fsp3) is 0.323. The summed E-state index contributed by atoms with van der Waals surface area (Å²) in [5, 5.41) is 0. The van der Waals surface area contributed by atoms with E-state index in [-0.39, 0.29) is 0 Å². The molecule has 1 aliphatic rings. The number of benzene rings is 3. The van der Waals surface area contributed by atoms with Crippen LogP contribution in [0.4, 0.5) is 0 Å². The van der Waals surface area contributed by atoms with E-state index in [9.17, 15) is 0 Å². The smallest absolute Gasteiger partial charge is 0.192 e. The molecule has 2 heteroatoms. The summed E-state index contributed by atoms with van der Waals surface area (Å²) in [6, 6.07) is 26.5. The fourth-order valence-electron chi connectivity index (χ4n) is 5.84. The van der Waals surface area contributed by atoms with Crippen molar-refractivity contribution in [3.63, 3.8) is 0 Å². The van der Waals surface area contributed by atoms with Crippen LogP contribution in [0.2, 0.25) is 0 Å². The van der Waals surface area contributed by atoms with E-state index >= 15 is 0 Å². The molecule has 0 unspecified atom stereocenters. The normalized spacial score (nSPS) is 14.5. The molecule has 168 valence electrons. The summed E-state index contributed by atoms with van der Waals surface area (Å²) in [4.78, 5) is 0. The molecule has 3 aromatic carbocycles. The van der Waals surface area contributed by atoms with Crippen molar-refractivity contribution in [1.82, 2.24) is 4.57 Å². The van der Waals surface area contributed by atoms with E-state index in [1.54, 1.807) is 0 Å². The van der Waals surface area contributed by atoms with Crippen LogP contribution in [-0.4, -0.2) is 4.57 Å². The molecule has 0 atom stereocenters. The summed E-state index contributed by atoms with van der Waals surface area (Å²) in [5.74, 6) is 1.87. The minimum atomic E-state index is 0.590. The van der Waals surface area contributed by atoms with Crippen molar-refractivity contribution < 1.29 is 4.57 Å². The zero-order valence-electron chi connectivity index (χ0n) is 20.4. The summed E-state index contributed by atoms with van der Waals surface area (Å²) in [7, 11) is 0. The van der Waals surface area contributed by atoms with Gasteiger partial charge in [0.15, 0.2) is 5.69 Å². The minimum absolute atomic E-state index is 0.590. The van der Waals surface area contributed by atoms with E-state index in [4.69, 9.17) is 0 Å². The molecule has 0 spiro atoms. The second-order valence-electron chi connectivity index (χ2n) is 9.69. The minimum Gasteiger partial charge on any atom is -0.192 e. The molecular weight excluding hydrogens is 400 g/mol. The lowest BCUT2D eigenvalue weighted by molar-refractivity contribution is -0.590. The Balaban J connectivity index is 1.94. The van der Waals surface area contributed by atoms with Crippen molar-refractivity contribution in [1.29, 1.82) is 0 Å². The lowest BCUT2D eigenvalue weighted by Crippen LogP contribution is -2.36. The zero-order valence-corrected chi connectivity index (χ0v) is 20.4. The number of aryl methyl sites for hydroxylation is 3. The number of hydrogen-bond donors (Lipinski definition) is 0. The van der Waals surface area contributed by atoms with Gasteiger partial charge in [-0.2, -0.15) is 9.13 Å². The Morgan fingerprint density at radius 3 is 1.94 bits per heavy atom. The maximum Gasteiger partial charge on any atom is 0.300 e. The first-order chi connectivity index (χ1) is 16.1. The van der Waals surface area contributed by atoms with Gasteiger partial charge in [0.2, 0.25) is 0 Å². The fourth-order valence-corrected chi connectivity index (χ4v) is 5.84. The lowest BCUT2D eigenvalue weighted by atomic mass is 9.86. The number of rotatable bonds is 4. The molecule has 1 fully saturated rings. The third kappa shape index (κ3) is 3.82. The van der Waals surface area contributed by atoms with Crippen molar-refractivity contribution in [2.24, 2.45) is 0 Å². The van der Waals surface area contributed by atoms with Crippen LogP contribution in [0.25, 0.3) is 22.8 Å². The van der Waals surface area contributed by atoms with Crippen LogP contribution in [0.15, 0.2) is 72.8 Å². The van der Waals surface area contributed by atoms with Gasteiger partial charge in [0.05, 0.1) is 5.56 Å². The first-order valence-corrected chi connectivity index (χ1v) is 12.4. The quantitative estimate of drug-likeness (QED) is 0.290. The molecule has 1 heterocycles. The number of para-hydroxylation sites is 2. The molecule has 0 aliphatic heterocycles. The van der Waals surface area contributed by atoms with Crippen LogP contribution in [0.5, 0.6) is 0 Å². The van der Waals surface area contributed by atoms with Crippen molar-refractivity contribution in [3.8, 4) is 22.8 Å². The summed E-state index contributed by atoms with van der Waals surface area (Å²) in [6.45, 7) is 9.08. The SMILES string of the molecule is Cc1ccccc1-[n+]1c(C)c(C2CCCCC2)n(-c2ccccc2)c1-c1c(C)cccc1C. The Labute approximate surface area is 198 Å². The molecule has 1 saturated carbocycles. The predicted molar refractivity (Wildman–Crippen MR) is 138 cm³/mol. The van der Waals surface area contributed by atoms with Crippen LogP contribution in [-0.2, 0) is 0 Å². The molecule has 2 nitrogen and oxygen atoms in total. The third-order valence-corrected chi connectivity index (χ3v) is 7.44. The summed E-state index contributed by atoms with van der Waals surface area (Å²) >= 11 is 0. The molecular formula is C31H35N2+. The maximum absolute atomic E-state index is 2.59. The van der Waals surface area contributed by atoms with Gasteiger partial charge in [0.25, 0.3) is 5.82 Å². The van der Waals surface area contributed by atoms with Crippen LogP contribution in [0.1, 0.15) is 66.1 Å². The van der Waals surface area contributed by atoms with E-state index in [1.807, 2.05) is 0 Å². The molecule has 0 radical (unpaired) electrons. The number of aromatic nitrogens is 2. The highest BCUT2D eigenvalue weighted by Crippen LogP contribution is 2.39. The summed E-state index contributed by atoms with van der Waals surface area (Å²) in [5.41, 5.74) is 10.7. The lowest BCUT2D eigenvalue weighted by Gasteiger charge is -2.21. The molecule has 0 saturated heterocycles. The molecule has 1 aromatic heterocycles. The monoisotopic (exact) mass is 435 g/mol. The van der Waals surface area contributed by atoms with Crippen LogP contribution >= 0.6 is 0 Å². The standard InChI is InChI=1S/C31H35N2/c1-22-14-11-12-21-28(22)32-25(4)30(26-17-7-5-8-18-26)33(27-19-9-6-10-20-27)31(32)29-23(2)15-13-16-24(29)3/h6,9-16,19-21,26H,5,7-8,17-18H2,1-4H3/q+1. The number of hydrogen-bond acceptors (Lipinski definition) is 0. The van der Waals surface area contributed by atoms with E-state index in [0.29, 0.717) is 5.92 Å². The molecule has 0 amide bonds. The number of nitrogens with zero attached hydrogens (tertiary/aromatic N) is 2. The Bertz CT molecular complexity index is 1250. The van der Waals surface area contributed by atoms with Crippen molar-refractivity contribution >= 4 is 0 Å². The van der Waals surface area contributed by atoms with Crippen molar-refractivity contribution in [3.05, 3.63) is 101 Å². The summed E-state index contributed by atoms with van der Waals surface area (Å²) in [6.07, 6.45) is 6.57. The average molecular weight is 436 g/mol. The highest BCUT2D eigenvalue weighted by atomic mass is 15.2. The van der Waals surface area contributed by atoms with Gasteiger partial charge in [-0.15, -0.1) is 0 Å². The second kappa shape index (κ2) is 9.02. The van der Waals surface area contributed by atoms with Gasteiger partial charge < -0.3 is 0 Å². The van der Waals surface area contributed by atoms with Crippen molar-refractivity contribution in [2.45, 2.75) is 65.7 Å². The van der Waals surface area contributed by atoms with E-state index in [1.165, 1.54) is 82.9 Å². The molecule has 33 heavy (non-hydrogen) atoms. The van der Waals surface area contributed by atoms with Gasteiger partial charge in [-0.05, 0) is 68.5 Å². The van der Waals surface area contributed by atoms with Crippen LogP contribution in [0, 0.1) is 27.7 Å². The van der Waals surface area contributed by atoms with Crippen LogP contribution < -0.4 is 4.57 Å². The maximum atomic E-state index is 2.59. The summed E-state index contributed by atoms with van der Waals surface area (Å²) < 4.78 is 5.13. The van der Waals surface area contributed by atoms with Crippen LogP contribution in [0.3, 0.4) is 0 Å². The molecule has 1 aliphatic carbocycles. The zero-order chi connectivity index (χ0) is 22.9. The first-order valence-electron chi connectivity index (χ1n) is 12.4. The van der Waals surface area contributed by atoms with E-state index < -0.39 is 0 Å². The van der Waals surface area contributed by atoms with Gasteiger partial charge in [0, 0.05) is 12.8 Å². The Morgan fingerprint density at radius 2 is 1.27 bits per heavy atom. The highest BCUT2D eigenvalue weighted by molar-refractivity contribution is 5.66. The molecule has 5 rings (SSSR count). The van der Waals surface area contributed by atoms with Gasteiger partial charge in [-0.3, -0.25) is 0 Å². The average Bonchev–Trinajstić information content (AvgIpc) is 3.13. The van der Waals surface area contributed by atoms with E-state index in [0.717, 1.165) is 0 Å². The molecule has 0 bridgehead atoms. The second-order valence-corrected chi connectivity index (χ2v) is 9.69. The molecule has 4 aromatic rings. The van der Waals surface area contributed by atoms with Crippen molar-refractivity contribution in [2.75, 3.05) is 0 Å². The first kappa shape index (κ1) is 21.7. The third-order valence-electron chi connectivity index (χ3n) is 7.44. The Kier molecular flexibility index (Phi) is 5.93. The number of imidazole rings is 1. The van der Waals surface area contributed by atoms with Gasteiger partial charge in [0.1, 0.15) is 17.1 Å². The van der Waals surface area contributed by atoms with E-state index in [2.05, 4.69) is 110 Å². The topological polar surface area (TPSA) is 8.81 Å².